The minimum absolute atomic E-state index is 0. The number of nitrogens with zero attached hydrogens (tertiary/aromatic N) is 2. The van der Waals surface area contributed by atoms with Gasteiger partial charge in [0.15, 0.2) is 0 Å². The van der Waals surface area contributed by atoms with Crippen LogP contribution in [0, 0.1) is 6.92 Å². The predicted octanol–water partition coefficient (Wildman–Crippen LogP) is 4.01. The van der Waals surface area contributed by atoms with E-state index in [2.05, 4.69) is 6.92 Å². The van der Waals surface area contributed by atoms with Crippen LogP contribution in [0.4, 0.5) is 24.5 Å². The smallest absolute Gasteiger partial charge is 0.418 e. The molecule has 0 aliphatic carbocycles. The van der Waals surface area contributed by atoms with Crippen molar-refractivity contribution in [3.63, 3.8) is 0 Å². The van der Waals surface area contributed by atoms with Crippen molar-refractivity contribution in [3.05, 3.63) is 61.0 Å². The third kappa shape index (κ3) is 5.72. The molecule has 147 valence electrons. The van der Waals surface area contributed by atoms with Crippen LogP contribution in [0.25, 0.3) is 0 Å². The van der Waals surface area contributed by atoms with Gasteiger partial charge >= 0.3 is 6.18 Å². The molecule has 2 rings (SSSR count). The van der Waals surface area contributed by atoms with Gasteiger partial charge in [0.2, 0.25) is 5.91 Å². The Morgan fingerprint density at radius 3 is 2.22 bits per heavy atom. The van der Waals surface area contributed by atoms with E-state index < -0.39 is 11.7 Å². The van der Waals surface area contributed by atoms with Crippen LogP contribution in [0.1, 0.15) is 5.56 Å². The molecule has 0 spiro atoms. The molecular formula is C19H20F3N2O2Re-. The summed E-state index contributed by atoms with van der Waals surface area (Å²) in [5.74, 6) is 0.295. The first-order valence-electron chi connectivity index (χ1n) is 7.89. The molecule has 8 heteroatoms. The van der Waals surface area contributed by atoms with Crippen molar-refractivity contribution in [1.29, 1.82) is 0 Å². The molecule has 0 saturated heterocycles. The standard InChI is InChI=1S/C19H20F3N2O2.Re/c1-4-24(17-8-6-5-7-16(17)19(20,21)22)13-18(25)23(2)14-9-11-15(26-3)12-10-14;/h5-12H,1,4,13H2,2-3H3;/q-1;. The number of para-hydroxylation sites is 1. The van der Waals surface area contributed by atoms with Gasteiger partial charge in [0.1, 0.15) is 5.75 Å². The number of hydrogen-bond donors (Lipinski definition) is 0. The number of amides is 1. The van der Waals surface area contributed by atoms with Crippen molar-refractivity contribution in [2.75, 3.05) is 37.0 Å². The Kier molecular flexibility index (Phi) is 8.32. The van der Waals surface area contributed by atoms with E-state index in [4.69, 9.17) is 4.74 Å². The van der Waals surface area contributed by atoms with E-state index in [1.54, 1.807) is 31.3 Å². The number of likely N-dealkylation sites (N-methyl/N-ethyl adjacent to an activating group) is 1. The SMILES string of the molecule is [CH2-]CN(CC(=O)N(C)c1ccc(OC)cc1)c1ccccc1C(F)(F)F.[Re]. The zero-order valence-corrected chi connectivity index (χ0v) is 17.7. The van der Waals surface area contributed by atoms with Gasteiger partial charge in [0, 0.05) is 38.8 Å². The Balaban J connectivity index is 0.00000364. The van der Waals surface area contributed by atoms with Gasteiger partial charge in [-0.05, 0) is 36.4 Å². The van der Waals surface area contributed by atoms with Gasteiger partial charge < -0.3 is 21.5 Å². The molecule has 1 amide bonds. The number of ether oxygens (including phenoxy) is 1. The summed E-state index contributed by atoms with van der Waals surface area (Å²) in [5, 5.41) is 0. The van der Waals surface area contributed by atoms with Gasteiger partial charge in [-0.2, -0.15) is 13.2 Å². The molecule has 0 aromatic heterocycles. The third-order valence-corrected chi connectivity index (χ3v) is 3.98. The molecule has 2 aromatic carbocycles. The fourth-order valence-electron chi connectivity index (χ4n) is 2.49. The molecule has 0 unspecified atom stereocenters. The Hall–Kier alpha value is -2.04. The van der Waals surface area contributed by atoms with Gasteiger partial charge in [-0.25, -0.2) is 0 Å². The number of anilines is 2. The van der Waals surface area contributed by atoms with E-state index in [0.717, 1.165) is 6.07 Å². The van der Waals surface area contributed by atoms with E-state index in [1.807, 2.05) is 0 Å². The van der Waals surface area contributed by atoms with Crippen molar-refractivity contribution in [1.82, 2.24) is 0 Å². The van der Waals surface area contributed by atoms with Crippen LogP contribution in [0.5, 0.6) is 5.75 Å². The van der Waals surface area contributed by atoms with Crippen LogP contribution in [0.15, 0.2) is 48.5 Å². The molecule has 0 fully saturated rings. The van der Waals surface area contributed by atoms with Crippen molar-refractivity contribution in [3.8, 4) is 5.75 Å². The maximum Gasteiger partial charge on any atom is 0.418 e. The van der Waals surface area contributed by atoms with Crippen LogP contribution >= 0.6 is 0 Å². The number of rotatable bonds is 6. The van der Waals surface area contributed by atoms with E-state index in [1.165, 1.54) is 35.1 Å². The van der Waals surface area contributed by atoms with Gasteiger partial charge in [-0.1, -0.05) is 12.1 Å². The van der Waals surface area contributed by atoms with Crippen LogP contribution in [-0.4, -0.2) is 33.2 Å². The molecule has 4 nitrogen and oxygen atoms in total. The number of hydrogen-bond acceptors (Lipinski definition) is 3. The summed E-state index contributed by atoms with van der Waals surface area (Å²) in [6.45, 7) is 3.46. The maximum absolute atomic E-state index is 13.2. The van der Waals surface area contributed by atoms with Gasteiger partial charge in [0.05, 0.1) is 19.2 Å². The molecule has 0 aliphatic rings. The Bertz CT molecular complexity index is 751. The third-order valence-electron chi connectivity index (χ3n) is 3.98. The zero-order chi connectivity index (χ0) is 19.3. The molecule has 0 aliphatic heterocycles. The van der Waals surface area contributed by atoms with E-state index >= 15 is 0 Å². The molecule has 27 heavy (non-hydrogen) atoms. The molecule has 2 aromatic rings. The second-order valence-electron chi connectivity index (χ2n) is 5.59. The van der Waals surface area contributed by atoms with Gasteiger partial charge in [0.25, 0.3) is 0 Å². The summed E-state index contributed by atoms with van der Waals surface area (Å²) in [7, 11) is 3.11. The monoisotopic (exact) mass is 552 g/mol. The fraction of sp³-hybridized carbons (Fsp3) is 0.263. The number of methoxy groups -OCH3 is 1. The summed E-state index contributed by atoms with van der Waals surface area (Å²) in [6, 6.07) is 12.0. The number of benzene rings is 2. The summed E-state index contributed by atoms with van der Waals surface area (Å²) in [6.07, 6.45) is -4.51. The van der Waals surface area contributed by atoms with Crippen LogP contribution in [0.2, 0.25) is 0 Å². The minimum Gasteiger partial charge on any atom is -0.497 e. The average molecular weight is 552 g/mol. The maximum atomic E-state index is 13.2. The second-order valence-corrected chi connectivity index (χ2v) is 5.59. The molecular weight excluding hydrogens is 531 g/mol. The van der Waals surface area contributed by atoms with Crippen molar-refractivity contribution < 1.29 is 43.1 Å². The largest absolute Gasteiger partial charge is 0.497 e. The van der Waals surface area contributed by atoms with Crippen molar-refractivity contribution in [2.45, 2.75) is 6.18 Å². The van der Waals surface area contributed by atoms with Crippen LogP contribution < -0.4 is 14.5 Å². The van der Waals surface area contributed by atoms with E-state index in [-0.39, 0.29) is 45.1 Å². The zero-order valence-electron chi connectivity index (χ0n) is 15.0. The minimum atomic E-state index is -4.51. The number of alkyl halides is 3. The predicted molar refractivity (Wildman–Crippen MR) is 95.4 cm³/mol. The first-order chi connectivity index (χ1) is 12.3. The molecule has 0 saturated carbocycles. The normalized spacial score (nSPS) is 10.7. The van der Waals surface area contributed by atoms with E-state index in [9.17, 15) is 18.0 Å². The summed E-state index contributed by atoms with van der Waals surface area (Å²) < 4.78 is 44.7. The summed E-state index contributed by atoms with van der Waals surface area (Å²) >= 11 is 0. The Morgan fingerprint density at radius 1 is 1.11 bits per heavy atom. The van der Waals surface area contributed by atoms with E-state index in [0.29, 0.717) is 11.4 Å². The molecule has 0 heterocycles. The quantitative estimate of drug-likeness (QED) is 0.509. The average Bonchev–Trinajstić information content (AvgIpc) is 2.64. The van der Waals surface area contributed by atoms with Crippen LogP contribution in [0.3, 0.4) is 0 Å². The molecule has 0 atom stereocenters. The number of carbonyl (C=O) groups is 1. The summed E-state index contributed by atoms with van der Waals surface area (Å²) in [4.78, 5) is 15.2. The summed E-state index contributed by atoms with van der Waals surface area (Å²) in [5.41, 5.74) is -0.237. The molecule has 0 N–H and O–H groups in total. The second kappa shape index (κ2) is 9.77. The van der Waals surface area contributed by atoms with Crippen molar-refractivity contribution >= 4 is 17.3 Å². The first kappa shape index (κ1) is 23.0. The topological polar surface area (TPSA) is 32.8 Å². The number of carbonyl (C=O) groups excluding carboxylic acids is 1. The Labute approximate surface area is 170 Å². The van der Waals surface area contributed by atoms with Gasteiger partial charge in [-0.15, -0.1) is 6.54 Å². The van der Waals surface area contributed by atoms with Gasteiger partial charge in [-0.3, -0.25) is 4.79 Å². The Morgan fingerprint density at radius 2 is 1.70 bits per heavy atom. The molecule has 0 bridgehead atoms. The number of halogens is 3. The van der Waals surface area contributed by atoms with Crippen molar-refractivity contribution in [2.24, 2.45) is 0 Å². The van der Waals surface area contributed by atoms with Crippen LogP contribution in [-0.2, 0) is 31.4 Å². The molecule has 1 radical (unpaired) electrons. The fourth-order valence-corrected chi connectivity index (χ4v) is 2.49. The first-order valence-corrected chi connectivity index (χ1v) is 7.89.